The topological polar surface area (TPSA) is 83.3 Å². The Balaban J connectivity index is 1.58. The smallest absolute Gasteiger partial charge is 0.204 e. The minimum Gasteiger partial charge on any atom is -0.365 e. The first kappa shape index (κ1) is 16.9. The molecule has 2 aromatic heterocycles. The Morgan fingerprint density at radius 1 is 1.26 bits per heavy atom. The lowest BCUT2D eigenvalue weighted by molar-refractivity contribution is -0.202. The van der Waals surface area contributed by atoms with E-state index < -0.39 is 23.7 Å². The van der Waals surface area contributed by atoms with Gasteiger partial charge in [0.25, 0.3) is 0 Å². The Morgan fingerprint density at radius 3 is 2.85 bits per heavy atom. The maximum Gasteiger partial charge on any atom is 0.204 e. The molecule has 2 aromatic rings. The average molecular weight is 369 g/mol. The number of imidazole rings is 1. The van der Waals surface area contributed by atoms with Gasteiger partial charge in [-0.3, -0.25) is 4.57 Å². The molecule has 2 aliphatic heterocycles. The van der Waals surface area contributed by atoms with Crippen molar-refractivity contribution in [2.75, 3.05) is 11.9 Å². The van der Waals surface area contributed by atoms with E-state index in [1.807, 2.05) is 18.4 Å². The monoisotopic (exact) mass is 369 g/mol. The molecule has 4 heterocycles. The Kier molecular flexibility index (Phi) is 3.69. The molecular formula is C19H23N5O3. The second-order valence-electron chi connectivity index (χ2n) is 7.92. The van der Waals surface area contributed by atoms with Crippen molar-refractivity contribution >= 4 is 17.0 Å². The molecule has 3 unspecified atom stereocenters. The van der Waals surface area contributed by atoms with E-state index >= 15 is 0 Å². The molecule has 2 saturated heterocycles. The molecule has 27 heavy (non-hydrogen) atoms. The lowest BCUT2D eigenvalue weighted by atomic mass is 10.1. The number of nitrogens with zero attached hydrogens (tertiary/aromatic N) is 4. The van der Waals surface area contributed by atoms with Crippen molar-refractivity contribution in [3.63, 3.8) is 0 Å². The van der Waals surface area contributed by atoms with Gasteiger partial charge >= 0.3 is 0 Å². The fourth-order valence-corrected chi connectivity index (χ4v) is 4.48. The van der Waals surface area contributed by atoms with Gasteiger partial charge in [0.2, 0.25) is 5.72 Å². The number of aromatic nitrogens is 4. The van der Waals surface area contributed by atoms with Crippen LogP contribution in [0.3, 0.4) is 0 Å². The fourth-order valence-electron chi connectivity index (χ4n) is 4.48. The SMILES string of the molecule is C#CC1OCC2(n3cnc4c(NC5CCCC5)ncnc43)OC(C)(C)OC12. The van der Waals surface area contributed by atoms with Crippen LogP contribution in [0.1, 0.15) is 39.5 Å². The molecule has 1 aliphatic carbocycles. The lowest BCUT2D eigenvalue weighted by Crippen LogP contribution is -2.44. The van der Waals surface area contributed by atoms with Crippen LogP contribution in [-0.2, 0) is 19.9 Å². The van der Waals surface area contributed by atoms with Crippen LogP contribution < -0.4 is 5.32 Å². The van der Waals surface area contributed by atoms with Crippen LogP contribution in [0, 0.1) is 12.3 Å². The van der Waals surface area contributed by atoms with Gasteiger partial charge in [-0.2, -0.15) is 0 Å². The Bertz CT molecular complexity index is 914. The first-order chi connectivity index (χ1) is 13.0. The predicted molar refractivity (Wildman–Crippen MR) is 97.8 cm³/mol. The van der Waals surface area contributed by atoms with Gasteiger partial charge < -0.3 is 19.5 Å². The number of fused-ring (bicyclic) bond motifs is 2. The molecule has 142 valence electrons. The van der Waals surface area contributed by atoms with Crippen LogP contribution in [0.4, 0.5) is 5.82 Å². The second kappa shape index (κ2) is 5.89. The number of terminal acetylenes is 1. The zero-order chi connectivity index (χ0) is 18.6. The molecule has 0 amide bonds. The summed E-state index contributed by atoms with van der Waals surface area (Å²) in [4.78, 5) is 13.5. The predicted octanol–water partition coefficient (Wildman–Crippen LogP) is 2.02. The molecule has 0 spiro atoms. The standard InChI is InChI=1S/C19H23N5O3/c1-4-13-15-19(9-25-13,27-18(2,3)26-15)24-11-22-14-16(20-10-21-17(14)24)23-12-7-5-6-8-12/h1,10-13,15H,5-9H2,2-3H3,(H,20,21,23). The summed E-state index contributed by atoms with van der Waals surface area (Å²) in [7, 11) is 0. The van der Waals surface area contributed by atoms with Crippen LogP contribution in [0.5, 0.6) is 0 Å². The Morgan fingerprint density at radius 2 is 2.07 bits per heavy atom. The normalized spacial score (nSPS) is 32.6. The number of anilines is 1. The zero-order valence-corrected chi connectivity index (χ0v) is 15.5. The minimum atomic E-state index is -0.895. The van der Waals surface area contributed by atoms with E-state index in [-0.39, 0.29) is 6.61 Å². The summed E-state index contributed by atoms with van der Waals surface area (Å²) in [5.41, 5.74) is 0.502. The van der Waals surface area contributed by atoms with Crippen LogP contribution in [0.25, 0.3) is 11.2 Å². The zero-order valence-electron chi connectivity index (χ0n) is 15.5. The van der Waals surface area contributed by atoms with E-state index in [1.54, 1.807) is 12.7 Å². The van der Waals surface area contributed by atoms with Crippen molar-refractivity contribution in [2.24, 2.45) is 0 Å². The molecule has 3 atom stereocenters. The van der Waals surface area contributed by atoms with Gasteiger partial charge in [0.05, 0.1) is 12.9 Å². The van der Waals surface area contributed by atoms with Gasteiger partial charge in [-0.05, 0) is 26.7 Å². The summed E-state index contributed by atoms with van der Waals surface area (Å²) < 4.78 is 20.1. The van der Waals surface area contributed by atoms with E-state index in [9.17, 15) is 0 Å². The van der Waals surface area contributed by atoms with Crippen molar-refractivity contribution in [2.45, 2.75) is 69.3 Å². The van der Waals surface area contributed by atoms with E-state index in [2.05, 4.69) is 26.2 Å². The van der Waals surface area contributed by atoms with Gasteiger partial charge in [-0.1, -0.05) is 18.8 Å². The van der Waals surface area contributed by atoms with Gasteiger partial charge in [-0.25, -0.2) is 15.0 Å². The lowest BCUT2D eigenvalue weighted by Gasteiger charge is -2.28. The first-order valence-electron chi connectivity index (χ1n) is 9.43. The van der Waals surface area contributed by atoms with Crippen LogP contribution >= 0.6 is 0 Å². The van der Waals surface area contributed by atoms with E-state index in [1.165, 1.54) is 12.8 Å². The highest BCUT2D eigenvalue weighted by molar-refractivity contribution is 5.83. The number of nitrogens with one attached hydrogen (secondary N) is 1. The number of hydrogen-bond donors (Lipinski definition) is 1. The van der Waals surface area contributed by atoms with Gasteiger partial charge in [0, 0.05) is 6.04 Å². The van der Waals surface area contributed by atoms with Crippen LogP contribution in [0.15, 0.2) is 12.7 Å². The maximum atomic E-state index is 6.32. The molecule has 5 rings (SSSR count). The van der Waals surface area contributed by atoms with Gasteiger partial charge in [-0.15, -0.1) is 6.42 Å². The minimum absolute atomic E-state index is 0.275. The van der Waals surface area contributed by atoms with E-state index in [0.717, 1.165) is 24.2 Å². The van der Waals surface area contributed by atoms with Crippen molar-refractivity contribution < 1.29 is 14.2 Å². The van der Waals surface area contributed by atoms with Crippen LogP contribution in [0.2, 0.25) is 0 Å². The van der Waals surface area contributed by atoms with E-state index in [0.29, 0.717) is 11.7 Å². The molecule has 8 heteroatoms. The summed E-state index contributed by atoms with van der Waals surface area (Å²) in [5, 5.41) is 3.52. The summed E-state index contributed by atoms with van der Waals surface area (Å²) >= 11 is 0. The summed E-state index contributed by atoms with van der Waals surface area (Å²) in [6.45, 7) is 4.03. The highest BCUT2D eigenvalue weighted by Gasteiger charge is 2.62. The summed E-state index contributed by atoms with van der Waals surface area (Å²) in [6.07, 6.45) is 12.8. The third kappa shape index (κ3) is 2.53. The Labute approximate surface area is 157 Å². The molecule has 8 nitrogen and oxygen atoms in total. The fraction of sp³-hybridized carbons (Fsp3) is 0.632. The third-order valence-electron chi connectivity index (χ3n) is 5.62. The molecule has 0 radical (unpaired) electrons. The number of ether oxygens (including phenoxy) is 3. The second-order valence-corrected chi connectivity index (χ2v) is 7.92. The molecule has 0 aromatic carbocycles. The molecule has 1 N–H and O–H groups in total. The molecule has 0 bridgehead atoms. The molecule has 1 saturated carbocycles. The summed E-state index contributed by atoms with van der Waals surface area (Å²) in [6, 6.07) is 0.435. The molecule has 3 fully saturated rings. The highest BCUT2D eigenvalue weighted by atomic mass is 16.8. The highest BCUT2D eigenvalue weighted by Crippen LogP contribution is 2.47. The van der Waals surface area contributed by atoms with Crippen LogP contribution in [-0.4, -0.2) is 50.2 Å². The first-order valence-corrected chi connectivity index (χ1v) is 9.43. The number of rotatable bonds is 3. The molecule has 3 aliphatic rings. The third-order valence-corrected chi connectivity index (χ3v) is 5.62. The average Bonchev–Trinajstić information content (AvgIpc) is 3.37. The van der Waals surface area contributed by atoms with Crippen molar-refractivity contribution in [1.29, 1.82) is 0 Å². The Hall–Kier alpha value is -2.21. The maximum absolute atomic E-state index is 6.32. The quantitative estimate of drug-likeness (QED) is 0.829. The van der Waals surface area contributed by atoms with E-state index in [4.69, 9.17) is 20.6 Å². The van der Waals surface area contributed by atoms with Crippen molar-refractivity contribution in [3.05, 3.63) is 12.7 Å². The summed E-state index contributed by atoms with van der Waals surface area (Å²) in [5.74, 6) is 2.64. The largest absolute Gasteiger partial charge is 0.365 e. The van der Waals surface area contributed by atoms with Gasteiger partial charge in [0.15, 0.2) is 22.8 Å². The van der Waals surface area contributed by atoms with Crippen molar-refractivity contribution in [3.8, 4) is 12.3 Å². The number of hydrogen-bond acceptors (Lipinski definition) is 7. The van der Waals surface area contributed by atoms with Crippen molar-refractivity contribution in [1.82, 2.24) is 19.5 Å². The van der Waals surface area contributed by atoms with Gasteiger partial charge in [0.1, 0.15) is 18.5 Å². The molecular weight excluding hydrogens is 346 g/mol.